The minimum atomic E-state index is -0.339. The second-order valence-electron chi connectivity index (χ2n) is 6.37. The smallest absolute Gasteiger partial charge is 0.321 e. The molecule has 0 bridgehead atoms. The highest BCUT2D eigenvalue weighted by Gasteiger charge is 2.09. The Labute approximate surface area is 167 Å². The van der Waals surface area contributed by atoms with Crippen LogP contribution in [0.4, 0.5) is 21.9 Å². The van der Waals surface area contributed by atoms with Gasteiger partial charge in [0.15, 0.2) is 0 Å². The summed E-state index contributed by atoms with van der Waals surface area (Å²) in [7, 11) is 0. The lowest BCUT2D eigenvalue weighted by Crippen LogP contribution is -2.19. The molecule has 29 heavy (non-hydrogen) atoms. The van der Waals surface area contributed by atoms with E-state index < -0.39 is 0 Å². The number of hydrogen-bond acceptors (Lipinski definition) is 3. The average molecular weight is 382 g/mol. The van der Waals surface area contributed by atoms with Crippen LogP contribution in [0.15, 0.2) is 91.0 Å². The molecular weight excluding hydrogens is 364 g/mol. The van der Waals surface area contributed by atoms with E-state index in [0.717, 1.165) is 10.9 Å². The molecule has 0 saturated heterocycles. The molecule has 4 aromatic rings. The number of anilines is 3. The minimum absolute atomic E-state index is 0.293. The zero-order chi connectivity index (χ0) is 20.1. The fourth-order valence-electron chi connectivity index (χ4n) is 2.84. The van der Waals surface area contributed by atoms with Crippen molar-refractivity contribution < 1.29 is 9.59 Å². The van der Waals surface area contributed by atoms with E-state index in [1.54, 1.807) is 42.5 Å². The van der Waals surface area contributed by atoms with Crippen LogP contribution in [0.2, 0.25) is 0 Å². The van der Waals surface area contributed by atoms with Gasteiger partial charge in [-0.3, -0.25) is 4.79 Å². The molecule has 0 saturated carbocycles. The Morgan fingerprint density at radius 3 is 1.90 bits per heavy atom. The third kappa shape index (κ3) is 4.56. The van der Waals surface area contributed by atoms with Crippen molar-refractivity contribution in [2.24, 2.45) is 0 Å². The monoisotopic (exact) mass is 382 g/mol. The lowest BCUT2D eigenvalue weighted by atomic mass is 10.2. The van der Waals surface area contributed by atoms with Crippen LogP contribution in [0, 0.1) is 0 Å². The van der Waals surface area contributed by atoms with Gasteiger partial charge in [-0.25, -0.2) is 9.78 Å². The summed E-state index contributed by atoms with van der Waals surface area (Å²) in [6, 6.07) is 26.9. The first-order chi connectivity index (χ1) is 14.2. The lowest BCUT2D eigenvalue weighted by molar-refractivity contribution is 0.102. The summed E-state index contributed by atoms with van der Waals surface area (Å²) in [5, 5.41) is 9.29. The van der Waals surface area contributed by atoms with Gasteiger partial charge in [0.2, 0.25) is 0 Å². The second-order valence-corrected chi connectivity index (χ2v) is 6.37. The SMILES string of the molecule is O=C(Nc1ccccc1)Nc1ccc(NC(=O)c2ccc3ccccc3n2)cc1. The molecule has 142 valence electrons. The Hall–Kier alpha value is -4.19. The van der Waals surface area contributed by atoms with E-state index in [0.29, 0.717) is 22.8 Å². The molecular formula is C23H18N4O2. The van der Waals surface area contributed by atoms with E-state index in [4.69, 9.17) is 0 Å². The minimum Gasteiger partial charge on any atom is -0.321 e. The topological polar surface area (TPSA) is 83.1 Å². The average Bonchev–Trinajstić information content (AvgIpc) is 2.75. The van der Waals surface area contributed by atoms with Crippen molar-refractivity contribution in [3.63, 3.8) is 0 Å². The molecule has 4 rings (SSSR count). The standard InChI is InChI=1S/C23H18N4O2/c28-22(21-15-10-16-6-4-5-9-20(16)27-21)24-18-11-13-19(14-12-18)26-23(29)25-17-7-2-1-3-8-17/h1-15H,(H,24,28)(H2,25,26,29). The Morgan fingerprint density at radius 1 is 0.586 bits per heavy atom. The van der Waals surface area contributed by atoms with Gasteiger partial charge < -0.3 is 16.0 Å². The Kier molecular flexibility index (Phi) is 5.16. The third-order valence-electron chi connectivity index (χ3n) is 4.26. The predicted octanol–water partition coefficient (Wildman–Crippen LogP) is 5.13. The molecule has 0 aliphatic rings. The van der Waals surface area contributed by atoms with Crippen molar-refractivity contribution in [3.05, 3.63) is 96.7 Å². The van der Waals surface area contributed by atoms with E-state index >= 15 is 0 Å². The van der Waals surface area contributed by atoms with Crippen LogP contribution in [0.3, 0.4) is 0 Å². The number of hydrogen-bond donors (Lipinski definition) is 3. The molecule has 1 aromatic heterocycles. The van der Waals surface area contributed by atoms with Crippen LogP contribution in [-0.2, 0) is 0 Å². The largest absolute Gasteiger partial charge is 0.323 e. The molecule has 3 N–H and O–H groups in total. The Morgan fingerprint density at radius 2 is 1.17 bits per heavy atom. The molecule has 0 spiro atoms. The molecule has 3 aromatic carbocycles. The van der Waals surface area contributed by atoms with Crippen molar-refractivity contribution in [3.8, 4) is 0 Å². The molecule has 0 fully saturated rings. The molecule has 0 atom stereocenters. The quantitative estimate of drug-likeness (QED) is 0.457. The fourth-order valence-corrected chi connectivity index (χ4v) is 2.84. The fraction of sp³-hybridized carbons (Fsp3) is 0. The maximum Gasteiger partial charge on any atom is 0.323 e. The van der Waals surface area contributed by atoms with Crippen LogP contribution < -0.4 is 16.0 Å². The molecule has 0 aliphatic heterocycles. The number of aromatic nitrogens is 1. The summed E-state index contributed by atoms with van der Waals surface area (Å²) in [5.41, 5.74) is 3.04. The number of carbonyl (C=O) groups excluding carboxylic acids is 2. The number of amides is 3. The Bertz CT molecular complexity index is 1160. The summed E-state index contributed by atoms with van der Waals surface area (Å²) in [4.78, 5) is 28.9. The highest BCUT2D eigenvalue weighted by molar-refractivity contribution is 6.04. The third-order valence-corrected chi connectivity index (χ3v) is 4.26. The normalized spacial score (nSPS) is 10.3. The molecule has 1 heterocycles. The van der Waals surface area contributed by atoms with Gasteiger partial charge in [0, 0.05) is 22.4 Å². The van der Waals surface area contributed by atoms with Crippen LogP contribution in [0.1, 0.15) is 10.5 Å². The summed E-state index contributed by atoms with van der Waals surface area (Å²) < 4.78 is 0. The number of nitrogens with zero attached hydrogens (tertiary/aromatic N) is 1. The van der Waals surface area contributed by atoms with Crippen molar-refractivity contribution in [2.45, 2.75) is 0 Å². The summed E-state index contributed by atoms with van der Waals surface area (Å²) in [6.07, 6.45) is 0. The van der Waals surface area contributed by atoms with Gasteiger partial charge in [-0.1, -0.05) is 42.5 Å². The van der Waals surface area contributed by atoms with Crippen molar-refractivity contribution in [1.82, 2.24) is 4.98 Å². The maximum absolute atomic E-state index is 12.5. The van der Waals surface area contributed by atoms with Gasteiger partial charge in [-0.2, -0.15) is 0 Å². The van der Waals surface area contributed by atoms with Gasteiger partial charge in [0.05, 0.1) is 5.52 Å². The number of carbonyl (C=O) groups is 2. The molecule has 0 aliphatic carbocycles. The molecule has 6 nitrogen and oxygen atoms in total. The maximum atomic E-state index is 12.5. The van der Waals surface area contributed by atoms with E-state index in [9.17, 15) is 9.59 Å². The predicted molar refractivity (Wildman–Crippen MR) is 115 cm³/mol. The zero-order valence-corrected chi connectivity index (χ0v) is 15.4. The molecule has 0 radical (unpaired) electrons. The van der Waals surface area contributed by atoms with Crippen LogP contribution in [-0.4, -0.2) is 16.9 Å². The molecule has 3 amide bonds. The summed E-state index contributed by atoms with van der Waals surface area (Å²) in [6.45, 7) is 0. The Balaban J connectivity index is 1.38. The zero-order valence-electron chi connectivity index (χ0n) is 15.4. The number of benzene rings is 3. The number of pyridine rings is 1. The highest BCUT2D eigenvalue weighted by atomic mass is 16.2. The summed E-state index contributed by atoms with van der Waals surface area (Å²) in [5.74, 6) is -0.293. The summed E-state index contributed by atoms with van der Waals surface area (Å²) >= 11 is 0. The lowest BCUT2D eigenvalue weighted by Gasteiger charge is -2.09. The molecule has 6 heteroatoms. The van der Waals surface area contributed by atoms with Gasteiger partial charge >= 0.3 is 6.03 Å². The van der Waals surface area contributed by atoms with Crippen molar-refractivity contribution in [1.29, 1.82) is 0 Å². The first-order valence-corrected chi connectivity index (χ1v) is 9.08. The van der Waals surface area contributed by atoms with E-state index in [-0.39, 0.29) is 11.9 Å². The van der Waals surface area contributed by atoms with Gasteiger partial charge in [-0.05, 0) is 48.5 Å². The van der Waals surface area contributed by atoms with Gasteiger partial charge in [0.1, 0.15) is 5.69 Å². The van der Waals surface area contributed by atoms with E-state index in [2.05, 4.69) is 20.9 Å². The highest BCUT2D eigenvalue weighted by Crippen LogP contribution is 2.16. The number of rotatable bonds is 4. The molecule has 0 unspecified atom stereocenters. The first-order valence-electron chi connectivity index (χ1n) is 9.08. The van der Waals surface area contributed by atoms with Crippen LogP contribution >= 0.6 is 0 Å². The van der Waals surface area contributed by atoms with Gasteiger partial charge in [0.25, 0.3) is 5.91 Å². The second kappa shape index (κ2) is 8.22. The van der Waals surface area contributed by atoms with Gasteiger partial charge in [-0.15, -0.1) is 0 Å². The van der Waals surface area contributed by atoms with E-state index in [1.165, 1.54) is 0 Å². The number of urea groups is 1. The van der Waals surface area contributed by atoms with Crippen LogP contribution in [0.5, 0.6) is 0 Å². The van der Waals surface area contributed by atoms with Crippen molar-refractivity contribution >= 4 is 39.9 Å². The van der Waals surface area contributed by atoms with Crippen molar-refractivity contribution in [2.75, 3.05) is 16.0 Å². The number of para-hydroxylation sites is 2. The first kappa shape index (κ1) is 18.2. The number of fused-ring (bicyclic) bond motifs is 1. The van der Waals surface area contributed by atoms with E-state index in [1.807, 2.05) is 48.5 Å². The number of nitrogens with one attached hydrogen (secondary N) is 3. The van der Waals surface area contributed by atoms with Crippen LogP contribution in [0.25, 0.3) is 10.9 Å².